The molecule has 0 aromatic rings. The summed E-state index contributed by atoms with van der Waals surface area (Å²) >= 11 is 0. The molecular formula is C10H20N2O2. The van der Waals surface area contributed by atoms with Crippen LogP contribution in [0.5, 0.6) is 0 Å². The predicted octanol–water partition coefficient (Wildman–Crippen LogP) is 1.26. The molecule has 0 saturated carbocycles. The molecule has 14 heavy (non-hydrogen) atoms. The van der Waals surface area contributed by atoms with E-state index in [2.05, 4.69) is 10.6 Å². The van der Waals surface area contributed by atoms with Crippen LogP contribution in [0.15, 0.2) is 0 Å². The molecule has 1 heterocycles. The second kappa shape index (κ2) is 3.77. The van der Waals surface area contributed by atoms with Gasteiger partial charge >= 0.3 is 6.03 Å². The summed E-state index contributed by atoms with van der Waals surface area (Å²) in [5.41, 5.74) is -0.394. The lowest BCUT2D eigenvalue weighted by atomic mass is 10.0. The smallest absolute Gasteiger partial charge is 0.315 e. The highest BCUT2D eigenvalue weighted by molar-refractivity contribution is 5.75. The SMILES string of the molecule is CC(C)(C)NC(=O)NC1(C)CCOC1. The van der Waals surface area contributed by atoms with Gasteiger partial charge in [-0.2, -0.15) is 0 Å². The Kier molecular flexibility index (Phi) is 3.04. The number of rotatable bonds is 1. The Morgan fingerprint density at radius 2 is 2.07 bits per heavy atom. The highest BCUT2D eigenvalue weighted by Crippen LogP contribution is 2.17. The molecule has 2 amide bonds. The van der Waals surface area contributed by atoms with Crippen LogP contribution in [0, 0.1) is 0 Å². The van der Waals surface area contributed by atoms with Gasteiger partial charge in [0.25, 0.3) is 0 Å². The lowest BCUT2D eigenvalue weighted by Crippen LogP contribution is -2.54. The van der Waals surface area contributed by atoms with Crippen LogP contribution >= 0.6 is 0 Å². The van der Waals surface area contributed by atoms with E-state index >= 15 is 0 Å². The first-order chi connectivity index (χ1) is 6.31. The van der Waals surface area contributed by atoms with E-state index in [1.165, 1.54) is 0 Å². The summed E-state index contributed by atoms with van der Waals surface area (Å²) < 4.78 is 5.25. The van der Waals surface area contributed by atoms with Crippen molar-refractivity contribution in [3.05, 3.63) is 0 Å². The Labute approximate surface area is 85.4 Å². The number of hydrogen-bond acceptors (Lipinski definition) is 2. The molecule has 1 rings (SSSR count). The highest BCUT2D eigenvalue weighted by atomic mass is 16.5. The summed E-state index contributed by atoms with van der Waals surface area (Å²) in [5.74, 6) is 0. The highest BCUT2D eigenvalue weighted by Gasteiger charge is 2.31. The van der Waals surface area contributed by atoms with Crippen LogP contribution in [-0.4, -0.2) is 30.3 Å². The average molecular weight is 200 g/mol. The standard InChI is InChI=1S/C10H20N2O2/c1-9(2,3)11-8(13)12-10(4)5-6-14-7-10/h5-7H2,1-4H3,(H2,11,12,13). The summed E-state index contributed by atoms with van der Waals surface area (Å²) in [5, 5.41) is 5.80. The first-order valence-electron chi connectivity index (χ1n) is 4.99. The van der Waals surface area contributed by atoms with E-state index in [0.29, 0.717) is 6.61 Å². The molecule has 82 valence electrons. The van der Waals surface area contributed by atoms with E-state index in [9.17, 15) is 4.79 Å². The molecule has 4 nitrogen and oxygen atoms in total. The van der Waals surface area contributed by atoms with Crippen molar-refractivity contribution in [1.29, 1.82) is 0 Å². The van der Waals surface area contributed by atoms with Crippen molar-refractivity contribution in [1.82, 2.24) is 10.6 Å². The maximum absolute atomic E-state index is 11.5. The van der Waals surface area contributed by atoms with Crippen molar-refractivity contribution < 1.29 is 9.53 Å². The molecule has 4 heteroatoms. The van der Waals surface area contributed by atoms with Gasteiger partial charge in [0.15, 0.2) is 0 Å². The third-order valence-electron chi connectivity index (χ3n) is 2.12. The summed E-state index contributed by atoms with van der Waals surface area (Å²) in [6.45, 7) is 9.21. The second-order valence-electron chi connectivity index (χ2n) is 5.19. The van der Waals surface area contributed by atoms with E-state index in [-0.39, 0.29) is 17.1 Å². The Balaban J connectivity index is 2.40. The van der Waals surface area contributed by atoms with Gasteiger partial charge in [-0.05, 0) is 34.1 Å². The van der Waals surface area contributed by atoms with Crippen molar-refractivity contribution in [2.45, 2.75) is 45.2 Å². The lowest BCUT2D eigenvalue weighted by molar-refractivity contribution is 0.169. The fourth-order valence-corrected chi connectivity index (χ4v) is 1.41. The van der Waals surface area contributed by atoms with Crippen LogP contribution in [-0.2, 0) is 4.74 Å². The third kappa shape index (κ3) is 3.54. The minimum Gasteiger partial charge on any atom is -0.379 e. The van der Waals surface area contributed by atoms with Gasteiger partial charge in [0.05, 0.1) is 12.1 Å². The Morgan fingerprint density at radius 3 is 2.50 bits per heavy atom. The molecule has 0 bridgehead atoms. The number of ether oxygens (including phenoxy) is 1. The quantitative estimate of drug-likeness (QED) is 0.669. The zero-order valence-electron chi connectivity index (χ0n) is 9.44. The van der Waals surface area contributed by atoms with Gasteiger partial charge in [0.2, 0.25) is 0 Å². The minimum absolute atomic E-state index is 0.120. The summed E-state index contributed by atoms with van der Waals surface area (Å²) in [7, 11) is 0. The molecule has 1 aliphatic rings. The molecule has 0 aromatic heterocycles. The largest absolute Gasteiger partial charge is 0.379 e. The molecule has 1 saturated heterocycles. The van der Waals surface area contributed by atoms with Crippen LogP contribution in [0.4, 0.5) is 4.79 Å². The van der Waals surface area contributed by atoms with Crippen LogP contribution < -0.4 is 10.6 Å². The molecule has 1 aliphatic heterocycles. The normalized spacial score (nSPS) is 27.4. The number of urea groups is 1. The maximum atomic E-state index is 11.5. The van der Waals surface area contributed by atoms with E-state index in [1.54, 1.807) is 0 Å². The molecule has 0 aliphatic carbocycles. The van der Waals surface area contributed by atoms with Crippen LogP contribution in [0.25, 0.3) is 0 Å². The fourth-order valence-electron chi connectivity index (χ4n) is 1.41. The molecule has 1 unspecified atom stereocenters. The van der Waals surface area contributed by atoms with Gasteiger partial charge in [0.1, 0.15) is 0 Å². The van der Waals surface area contributed by atoms with E-state index < -0.39 is 0 Å². The molecule has 2 N–H and O–H groups in total. The van der Waals surface area contributed by atoms with Crippen molar-refractivity contribution in [3.8, 4) is 0 Å². The molecule has 0 radical (unpaired) electrons. The van der Waals surface area contributed by atoms with Gasteiger partial charge in [-0.1, -0.05) is 0 Å². The predicted molar refractivity (Wildman–Crippen MR) is 55.3 cm³/mol. The molecule has 0 spiro atoms. The van der Waals surface area contributed by atoms with Gasteiger partial charge in [-0.15, -0.1) is 0 Å². The molecule has 1 atom stereocenters. The van der Waals surface area contributed by atoms with Crippen molar-refractivity contribution in [2.24, 2.45) is 0 Å². The van der Waals surface area contributed by atoms with Gasteiger partial charge in [0, 0.05) is 12.1 Å². The Morgan fingerprint density at radius 1 is 1.43 bits per heavy atom. The zero-order chi connectivity index (χ0) is 10.8. The Bertz CT molecular complexity index is 215. The second-order valence-corrected chi connectivity index (χ2v) is 5.19. The fraction of sp³-hybridized carbons (Fsp3) is 0.900. The van der Waals surface area contributed by atoms with E-state index in [0.717, 1.165) is 13.0 Å². The zero-order valence-corrected chi connectivity index (χ0v) is 9.44. The Hall–Kier alpha value is -0.770. The first kappa shape index (κ1) is 11.3. The topological polar surface area (TPSA) is 50.4 Å². The summed E-state index contributed by atoms with van der Waals surface area (Å²) in [4.78, 5) is 11.5. The van der Waals surface area contributed by atoms with Crippen LogP contribution in [0.3, 0.4) is 0 Å². The van der Waals surface area contributed by atoms with Crippen LogP contribution in [0.1, 0.15) is 34.1 Å². The lowest BCUT2D eigenvalue weighted by Gasteiger charge is -2.27. The van der Waals surface area contributed by atoms with Crippen LogP contribution in [0.2, 0.25) is 0 Å². The molecule has 1 fully saturated rings. The maximum Gasteiger partial charge on any atom is 0.315 e. The number of carbonyl (C=O) groups excluding carboxylic acids is 1. The van der Waals surface area contributed by atoms with Crippen molar-refractivity contribution in [3.63, 3.8) is 0 Å². The molecule has 0 aromatic carbocycles. The number of hydrogen-bond donors (Lipinski definition) is 2. The molecular weight excluding hydrogens is 180 g/mol. The summed E-state index contributed by atoms with van der Waals surface area (Å²) in [6.07, 6.45) is 0.880. The van der Waals surface area contributed by atoms with Gasteiger partial charge in [-0.3, -0.25) is 0 Å². The minimum atomic E-state index is -0.199. The third-order valence-corrected chi connectivity index (χ3v) is 2.12. The van der Waals surface area contributed by atoms with Gasteiger partial charge < -0.3 is 15.4 Å². The monoisotopic (exact) mass is 200 g/mol. The first-order valence-corrected chi connectivity index (χ1v) is 4.99. The summed E-state index contributed by atoms with van der Waals surface area (Å²) in [6, 6.07) is -0.120. The number of carbonyl (C=O) groups is 1. The van der Waals surface area contributed by atoms with Crippen molar-refractivity contribution in [2.75, 3.05) is 13.2 Å². The van der Waals surface area contributed by atoms with E-state index in [4.69, 9.17) is 4.74 Å². The number of nitrogens with one attached hydrogen (secondary N) is 2. The average Bonchev–Trinajstić information content (AvgIpc) is 2.30. The number of amides is 2. The van der Waals surface area contributed by atoms with Gasteiger partial charge in [-0.25, -0.2) is 4.79 Å². The van der Waals surface area contributed by atoms with E-state index in [1.807, 2.05) is 27.7 Å². The van der Waals surface area contributed by atoms with Crippen molar-refractivity contribution >= 4 is 6.03 Å².